The normalized spacial score (nSPS) is 12.2. The molecule has 0 bridgehead atoms. The molecule has 0 aromatic heterocycles. The van der Waals surface area contributed by atoms with Crippen molar-refractivity contribution in [3.8, 4) is 0 Å². The van der Waals surface area contributed by atoms with E-state index in [-0.39, 0.29) is 4.47 Å². The van der Waals surface area contributed by atoms with Gasteiger partial charge in [0.05, 0.1) is 4.47 Å². The van der Waals surface area contributed by atoms with Crippen LogP contribution in [0.3, 0.4) is 0 Å². The van der Waals surface area contributed by atoms with Gasteiger partial charge in [0.15, 0.2) is 0 Å². The summed E-state index contributed by atoms with van der Waals surface area (Å²) in [5, 5.41) is 5.60. The van der Waals surface area contributed by atoms with Crippen LogP contribution in [-0.2, 0) is 10.0 Å². The van der Waals surface area contributed by atoms with Gasteiger partial charge in [0.1, 0.15) is 5.82 Å². The van der Waals surface area contributed by atoms with Gasteiger partial charge in [-0.3, -0.25) is 0 Å². The zero-order valence-corrected chi connectivity index (χ0v) is 9.35. The van der Waals surface area contributed by atoms with E-state index >= 15 is 0 Å². The first-order valence-corrected chi connectivity index (χ1v) is 5.95. The van der Waals surface area contributed by atoms with Crippen LogP contribution >= 0.6 is 15.9 Å². The molecule has 0 unspecified atom stereocenters. The van der Waals surface area contributed by atoms with Gasteiger partial charge in [0, 0.05) is 5.41 Å². The maximum atomic E-state index is 12.8. The van der Waals surface area contributed by atoms with E-state index in [1.54, 1.807) is 0 Å². The van der Waals surface area contributed by atoms with Gasteiger partial charge in [0.25, 0.3) is 0 Å². The van der Waals surface area contributed by atoms with Crippen LogP contribution < -0.4 is 5.14 Å². The highest BCUT2D eigenvalue weighted by molar-refractivity contribution is 9.10. The van der Waals surface area contributed by atoms with E-state index in [2.05, 4.69) is 15.9 Å². The molecular weight excluding hydrogens is 273 g/mol. The summed E-state index contributed by atoms with van der Waals surface area (Å²) in [5.41, 5.74) is 0.548. The lowest BCUT2D eigenvalue weighted by molar-refractivity contribution is 0.606. The number of primary sulfonamides is 1. The molecule has 0 atom stereocenters. The summed E-state index contributed by atoms with van der Waals surface area (Å²) in [6.07, 6.45) is 1.29. The van der Waals surface area contributed by atoms with E-state index in [1.807, 2.05) is 0 Å². The molecule has 0 amide bonds. The maximum absolute atomic E-state index is 12.8. The average Bonchev–Trinajstić information content (AvgIpc) is 2.06. The second kappa shape index (κ2) is 4.20. The first-order valence-electron chi connectivity index (χ1n) is 3.54. The lowest BCUT2D eigenvalue weighted by atomic mass is 10.2. The van der Waals surface area contributed by atoms with Gasteiger partial charge in [-0.25, -0.2) is 17.9 Å². The van der Waals surface area contributed by atoms with Crippen LogP contribution in [0.4, 0.5) is 4.39 Å². The molecule has 3 nitrogen and oxygen atoms in total. The van der Waals surface area contributed by atoms with Crippen molar-refractivity contribution in [3.63, 3.8) is 0 Å². The average molecular weight is 280 g/mol. The molecule has 0 spiro atoms. The molecule has 0 aliphatic carbocycles. The van der Waals surface area contributed by atoms with Crippen molar-refractivity contribution in [2.75, 3.05) is 0 Å². The molecule has 76 valence electrons. The summed E-state index contributed by atoms with van der Waals surface area (Å²) in [7, 11) is -3.63. The lowest BCUT2D eigenvalue weighted by Gasteiger charge is -1.96. The van der Waals surface area contributed by atoms with Crippen LogP contribution in [0.25, 0.3) is 6.08 Å². The summed E-state index contributed by atoms with van der Waals surface area (Å²) < 4.78 is 34.2. The first-order chi connectivity index (χ1) is 6.38. The van der Waals surface area contributed by atoms with E-state index in [4.69, 9.17) is 5.14 Å². The smallest absolute Gasteiger partial charge is 0.225 e. The molecule has 0 aliphatic heterocycles. The van der Waals surface area contributed by atoms with Crippen molar-refractivity contribution in [2.24, 2.45) is 5.14 Å². The number of halogens is 2. The van der Waals surface area contributed by atoms with Crippen LogP contribution in [0.5, 0.6) is 0 Å². The summed E-state index contributed by atoms with van der Waals surface area (Å²) in [6.45, 7) is 0. The molecule has 14 heavy (non-hydrogen) atoms. The van der Waals surface area contributed by atoms with Gasteiger partial charge in [-0.05, 0) is 39.7 Å². The SMILES string of the molecule is NS(=O)(=O)C=Cc1ccc(F)c(Br)c1. The molecule has 0 radical (unpaired) electrons. The van der Waals surface area contributed by atoms with Crippen LogP contribution in [0, 0.1) is 5.82 Å². The van der Waals surface area contributed by atoms with E-state index in [0.717, 1.165) is 5.41 Å². The minimum atomic E-state index is -3.63. The summed E-state index contributed by atoms with van der Waals surface area (Å²) >= 11 is 2.98. The highest BCUT2D eigenvalue weighted by atomic mass is 79.9. The van der Waals surface area contributed by atoms with Crippen LogP contribution in [0.1, 0.15) is 5.56 Å². The minimum Gasteiger partial charge on any atom is -0.225 e. The van der Waals surface area contributed by atoms with E-state index < -0.39 is 15.8 Å². The summed E-state index contributed by atoms with van der Waals surface area (Å²) in [6, 6.07) is 4.13. The number of nitrogens with two attached hydrogens (primary N) is 1. The van der Waals surface area contributed by atoms with E-state index in [9.17, 15) is 12.8 Å². The highest BCUT2D eigenvalue weighted by Crippen LogP contribution is 2.17. The fourth-order valence-electron chi connectivity index (χ4n) is 0.789. The monoisotopic (exact) mass is 279 g/mol. The molecule has 0 saturated carbocycles. The third-order valence-electron chi connectivity index (χ3n) is 1.39. The third-order valence-corrected chi connectivity index (χ3v) is 2.52. The van der Waals surface area contributed by atoms with Gasteiger partial charge < -0.3 is 0 Å². The Labute approximate surface area is 89.6 Å². The molecule has 2 N–H and O–H groups in total. The summed E-state index contributed by atoms with van der Waals surface area (Å²) in [4.78, 5) is 0. The quantitative estimate of drug-likeness (QED) is 0.898. The molecule has 1 aromatic rings. The fraction of sp³-hybridized carbons (Fsp3) is 0. The van der Waals surface area contributed by atoms with Gasteiger partial charge in [0.2, 0.25) is 10.0 Å². The topological polar surface area (TPSA) is 60.2 Å². The van der Waals surface area contributed by atoms with Crippen LogP contribution in [0.2, 0.25) is 0 Å². The van der Waals surface area contributed by atoms with Crippen molar-refractivity contribution in [3.05, 3.63) is 39.5 Å². The first kappa shape index (κ1) is 11.4. The van der Waals surface area contributed by atoms with Crippen molar-refractivity contribution in [1.29, 1.82) is 0 Å². The Morgan fingerprint density at radius 2 is 2.07 bits per heavy atom. The Balaban J connectivity index is 3.00. The molecular formula is C8H7BrFNO2S. The lowest BCUT2D eigenvalue weighted by Crippen LogP contribution is -2.06. The predicted molar refractivity (Wildman–Crippen MR) is 56.2 cm³/mol. The number of sulfonamides is 1. The predicted octanol–water partition coefficient (Wildman–Crippen LogP) is 1.85. The number of hydrogen-bond donors (Lipinski definition) is 1. The number of rotatable bonds is 2. The Bertz CT molecular complexity index is 470. The molecule has 1 rings (SSSR count). The second-order valence-electron chi connectivity index (χ2n) is 2.57. The maximum Gasteiger partial charge on any atom is 0.231 e. The third kappa shape index (κ3) is 3.57. The van der Waals surface area contributed by atoms with Crippen molar-refractivity contribution < 1.29 is 12.8 Å². The Hall–Kier alpha value is -0.720. The Morgan fingerprint density at radius 1 is 1.43 bits per heavy atom. The van der Waals surface area contributed by atoms with Gasteiger partial charge >= 0.3 is 0 Å². The standard InChI is InChI=1S/C8H7BrFNO2S/c9-7-5-6(1-2-8(7)10)3-4-14(11,12)13/h1-5H,(H2,11,12,13). The number of benzene rings is 1. The second-order valence-corrected chi connectivity index (χ2v) is 4.87. The van der Waals surface area contributed by atoms with E-state index in [1.165, 1.54) is 24.3 Å². The minimum absolute atomic E-state index is 0.272. The van der Waals surface area contributed by atoms with Crippen molar-refractivity contribution >= 4 is 32.0 Å². The van der Waals surface area contributed by atoms with Crippen LogP contribution in [0.15, 0.2) is 28.1 Å². The molecule has 1 aromatic carbocycles. The molecule has 0 saturated heterocycles. The molecule has 6 heteroatoms. The van der Waals surface area contributed by atoms with Gasteiger partial charge in [-0.1, -0.05) is 6.07 Å². The van der Waals surface area contributed by atoms with Crippen LogP contribution in [-0.4, -0.2) is 8.42 Å². The zero-order chi connectivity index (χ0) is 10.8. The Kier molecular flexibility index (Phi) is 3.41. The fourth-order valence-corrected chi connectivity index (χ4v) is 1.53. The molecule has 0 heterocycles. The van der Waals surface area contributed by atoms with Gasteiger partial charge in [-0.15, -0.1) is 0 Å². The van der Waals surface area contributed by atoms with E-state index in [0.29, 0.717) is 5.56 Å². The Morgan fingerprint density at radius 3 is 2.57 bits per heavy atom. The van der Waals surface area contributed by atoms with Crippen molar-refractivity contribution in [1.82, 2.24) is 0 Å². The molecule has 0 aliphatic rings. The highest BCUT2D eigenvalue weighted by Gasteiger charge is 1.99. The van der Waals surface area contributed by atoms with Crippen molar-refractivity contribution in [2.45, 2.75) is 0 Å². The van der Waals surface area contributed by atoms with Gasteiger partial charge in [-0.2, -0.15) is 0 Å². The zero-order valence-electron chi connectivity index (χ0n) is 6.94. The largest absolute Gasteiger partial charge is 0.231 e. The molecule has 0 fully saturated rings. The number of hydrogen-bond acceptors (Lipinski definition) is 2. The summed E-state index contributed by atoms with van der Waals surface area (Å²) in [5.74, 6) is -0.405.